The lowest BCUT2D eigenvalue weighted by molar-refractivity contribution is 0.0462. The Balaban J connectivity index is 1.87. The molecule has 116 valence electrons. The minimum Gasteiger partial charge on any atom is -0.396 e. The van der Waals surface area contributed by atoms with Crippen molar-refractivity contribution in [2.45, 2.75) is 39.5 Å². The van der Waals surface area contributed by atoms with E-state index in [1.165, 1.54) is 6.42 Å². The molecule has 1 aromatic carbocycles. The lowest BCUT2D eigenvalue weighted by Crippen LogP contribution is -2.47. The van der Waals surface area contributed by atoms with Gasteiger partial charge in [-0.3, -0.25) is 0 Å². The summed E-state index contributed by atoms with van der Waals surface area (Å²) in [7, 11) is 0. The number of aliphatic hydroxyl groups is 1. The minimum atomic E-state index is -0.147. The standard InChI is InChI=1S/C17H26N2O2/c1-13-6-3-4-7-15(13)19-16(21)18-12-17(9-5-10-17)14(2)8-11-20/h3-4,6-7,14,20H,5,8-12H2,1-2H3,(H2,18,19,21)/t14-/m1/s1. The highest BCUT2D eigenvalue weighted by Gasteiger charge is 2.41. The lowest BCUT2D eigenvalue weighted by Gasteiger charge is -2.46. The summed E-state index contributed by atoms with van der Waals surface area (Å²) in [5.74, 6) is 0.440. The van der Waals surface area contributed by atoms with Crippen molar-refractivity contribution in [3.63, 3.8) is 0 Å². The fourth-order valence-corrected chi connectivity index (χ4v) is 3.11. The molecule has 3 N–H and O–H groups in total. The summed E-state index contributed by atoms with van der Waals surface area (Å²) in [4.78, 5) is 12.1. The van der Waals surface area contributed by atoms with E-state index in [1.807, 2.05) is 31.2 Å². The van der Waals surface area contributed by atoms with E-state index in [9.17, 15) is 4.79 Å². The first-order valence-electron chi connectivity index (χ1n) is 7.79. The van der Waals surface area contributed by atoms with Gasteiger partial charge < -0.3 is 15.7 Å². The SMILES string of the molecule is Cc1ccccc1NC(=O)NCC1([C@H](C)CCO)CCC1. The Hall–Kier alpha value is -1.55. The minimum absolute atomic E-state index is 0.147. The van der Waals surface area contributed by atoms with Gasteiger partial charge >= 0.3 is 6.03 Å². The van der Waals surface area contributed by atoms with E-state index in [1.54, 1.807) is 0 Å². The Morgan fingerprint density at radius 1 is 1.38 bits per heavy atom. The number of anilines is 1. The topological polar surface area (TPSA) is 61.4 Å². The van der Waals surface area contributed by atoms with Crippen molar-refractivity contribution >= 4 is 11.7 Å². The Morgan fingerprint density at radius 3 is 2.67 bits per heavy atom. The fourth-order valence-electron chi connectivity index (χ4n) is 3.11. The van der Waals surface area contributed by atoms with Crippen molar-refractivity contribution in [3.05, 3.63) is 29.8 Å². The van der Waals surface area contributed by atoms with Gasteiger partial charge in [0.1, 0.15) is 0 Å². The molecule has 0 aliphatic heterocycles. The third-order valence-electron chi connectivity index (χ3n) is 4.95. The summed E-state index contributed by atoms with van der Waals surface area (Å²) in [6.07, 6.45) is 4.30. The lowest BCUT2D eigenvalue weighted by atomic mass is 9.60. The third kappa shape index (κ3) is 3.76. The maximum atomic E-state index is 12.1. The van der Waals surface area contributed by atoms with Gasteiger partial charge in [0.05, 0.1) is 0 Å². The number of aliphatic hydroxyl groups excluding tert-OH is 1. The number of carbonyl (C=O) groups excluding carboxylic acids is 1. The molecule has 21 heavy (non-hydrogen) atoms. The molecule has 1 atom stereocenters. The number of para-hydroxylation sites is 1. The van der Waals surface area contributed by atoms with Crippen molar-refractivity contribution in [2.75, 3.05) is 18.5 Å². The predicted octanol–water partition coefficient (Wildman–Crippen LogP) is 3.31. The van der Waals surface area contributed by atoms with Gasteiger partial charge in [-0.25, -0.2) is 4.79 Å². The average Bonchev–Trinajstić information content (AvgIpc) is 2.40. The van der Waals surface area contributed by atoms with Crippen LogP contribution in [0.4, 0.5) is 10.5 Å². The van der Waals surface area contributed by atoms with Crippen LogP contribution in [0.3, 0.4) is 0 Å². The monoisotopic (exact) mass is 290 g/mol. The van der Waals surface area contributed by atoms with Crippen molar-refractivity contribution in [3.8, 4) is 0 Å². The number of carbonyl (C=O) groups is 1. The van der Waals surface area contributed by atoms with Crippen LogP contribution in [-0.4, -0.2) is 24.3 Å². The van der Waals surface area contributed by atoms with Crippen LogP contribution in [0.5, 0.6) is 0 Å². The zero-order valence-corrected chi connectivity index (χ0v) is 13.0. The van der Waals surface area contributed by atoms with Crippen molar-refractivity contribution in [2.24, 2.45) is 11.3 Å². The molecule has 1 aliphatic rings. The zero-order chi connectivity index (χ0) is 15.3. The maximum absolute atomic E-state index is 12.1. The van der Waals surface area contributed by atoms with Gasteiger partial charge in [-0.1, -0.05) is 31.5 Å². The highest BCUT2D eigenvalue weighted by molar-refractivity contribution is 5.90. The van der Waals surface area contributed by atoms with Gasteiger partial charge in [0, 0.05) is 18.8 Å². The Kier molecular flexibility index (Phi) is 5.23. The van der Waals surface area contributed by atoms with Crippen LogP contribution < -0.4 is 10.6 Å². The van der Waals surface area contributed by atoms with Crippen LogP contribution in [0.15, 0.2) is 24.3 Å². The molecule has 0 heterocycles. The van der Waals surface area contributed by atoms with Gasteiger partial charge in [-0.2, -0.15) is 0 Å². The molecule has 0 bridgehead atoms. The van der Waals surface area contributed by atoms with Crippen LogP contribution >= 0.6 is 0 Å². The van der Waals surface area contributed by atoms with Crippen LogP contribution in [0.2, 0.25) is 0 Å². The second-order valence-corrected chi connectivity index (χ2v) is 6.25. The molecule has 1 saturated carbocycles. The van der Waals surface area contributed by atoms with Gasteiger partial charge in [-0.15, -0.1) is 0 Å². The number of nitrogens with one attached hydrogen (secondary N) is 2. The summed E-state index contributed by atoms with van der Waals surface area (Å²) in [5, 5.41) is 15.0. The highest BCUT2D eigenvalue weighted by atomic mass is 16.3. The molecule has 0 radical (unpaired) electrons. The first kappa shape index (κ1) is 15.8. The first-order chi connectivity index (χ1) is 10.1. The molecule has 0 unspecified atom stereocenters. The number of urea groups is 1. The van der Waals surface area contributed by atoms with Crippen molar-refractivity contribution in [1.29, 1.82) is 0 Å². The smallest absolute Gasteiger partial charge is 0.319 e. The van der Waals surface area contributed by atoms with Crippen LogP contribution in [0, 0.1) is 18.3 Å². The third-order valence-corrected chi connectivity index (χ3v) is 4.95. The molecule has 4 heteroatoms. The van der Waals surface area contributed by atoms with E-state index in [0.717, 1.165) is 30.5 Å². The van der Waals surface area contributed by atoms with E-state index in [2.05, 4.69) is 17.6 Å². The summed E-state index contributed by atoms with van der Waals surface area (Å²) >= 11 is 0. The first-order valence-corrected chi connectivity index (χ1v) is 7.79. The normalized spacial score (nSPS) is 17.7. The summed E-state index contributed by atoms with van der Waals surface area (Å²) in [6.45, 7) is 5.06. The van der Waals surface area contributed by atoms with Crippen LogP contribution in [0.1, 0.15) is 38.2 Å². The van der Waals surface area contributed by atoms with Gasteiger partial charge in [0.25, 0.3) is 0 Å². The summed E-state index contributed by atoms with van der Waals surface area (Å²) < 4.78 is 0. The number of hydrogen-bond donors (Lipinski definition) is 3. The quantitative estimate of drug-likeness (QED) is 0.752. The Morgan fingerprint density at radius 2 is 2.10 bits per heavy atom. The molecular weight excluding hydrogens is 264 g/mol. The van der Waals surface area contributed by atoms with E-state index in [0.29, 0.717) is 12.5 Å². The maximum Gasteiger partial charge on any atom is 0.319 e. The molecule has 1 aromatic rings. The summed E-state index contributed by atoms with van der Waals surface area (Å²) in [6, 6.07) is 7.61. The molecule has 0 spiro atoms. The van der Waals surface area contributed by atoms with Gasteiger partial charge in [0.2, 0.25) is 0 Å². The molecule has 4 nitrogen and oxygen atoms in total. The van der Waals surface area contributed by atoms with Gasteiger partial charge in [0.15, 0.2) is 0 Å². The predicted molar refractivity (Wildman–Crippen MR) is 85.4 cm³/mol. The molecule has 2 amide bonds. The Labute approximate surface area is 126 Å². The number of benzene rings is 1. The zero-order valence-electron chi connectivity index (χ0n) is 13.0. The van der Waals surface area contributed by atoms with Gasteiger partial charge in [-0.05, 0) is 49.1 Å². The largest absolute Gasteiger partial charge is 0.396 e. The Bertz CT molecular complexity index is 483. The van der Waals surface area contributed by atoms with Crippen molar-refractivity contribution in [1.82, 2.24) is 5.32 Å². The number of aryl methyl sites for hydroxylation is 1. The molecular formula is C17H26N2O2. The van der Waals surface area contributed by atoms with E-state index < -0.39 is 0 Å². The number of amides is 2. The molecule has 0 saturated heterocycles. The number of hydrogen-bond acceptors (Lipinski definition) is 2. The number of rotatable bonds is 6. The van der Waals surface area contributed by atoms with Crippen LogP contribution in [-0.2, 0) is 0 Å². The highest BCUT2D eigenvalue weighted by Crippen LogP contribution is 2.47. The second kappa shape index (κ2) is 6.94. The molecule has 1 fully saturated rings. The van der Waals surface area contributed by atoms with Crippen LogP contribution in [0.25, 0.3) is 0 Å². The van der Waals surface area contributed by atoms with E-state index >= 15 is 0 Å². The van der Waals surface area contributed by atoms with E-state index in [-0.39, 0.29) is 18.1 Å². The molecule has 2 rings (SSSR count). The van der Waals surface area contributed by atoms with E-state index in [4.69, 9.17) is 5.11 Å². The molecule has 1 aliphatic carbocycles. The summed E-state index contributed by atoms with van der Waals surface area (Å²) in [5.41, 5.74) is 2.08. The average molecular weight is 290 g/mol. The molecule has 0 aromatic heterocycles. The fraction of sp³-hybridized carbons (Fsp3) is 0.588. The second-order valence-electron chi connectivity index (χ2n) is 6.25. The van der Waals surface area contributed by atoms with Crippen molar-refractivity contribution < 1.29 is 9.90 Å².